The van der Waals surface area contributed by atoms with Gasteiger partial charge in [0.15, 0.2) is 0 Å². The van der Waals surface area contributed by atoms with Gasteiger partial charge in [0.25, 0.3) is 0 Å². The fourth-order valence-electron chi connectivity index (χ4n) is 3.68. The van der Waals surface area contributed by atoms with Crippen LogP contribution in [0.25, 0.3) is 0 Å². The van der Waals surface area contributed by atoms with Crippen LogP contribution in [0.1, 0.15) is 61.3 Å². The molecule has 1 unspecified atom stereocenters. The minimum Gasteiger partial charge on any atom is -0.388 e. The molecule has 104 valence electrons. The van der Waals surface area contributed by atoms with E-state index in [1.807, 2.05) is 0 Å². The first kappa shape index (κ1) is 13.0. The second-order valence-corrected chi connectivity index (χ2v) is 6.09. The number of benzene rings is 1. The van der Waals surface area contributed by atoms with Gasteiger partial charge in [-0.25, -0.2) is 0 Å². The molecule has 2 nitrogen and oxygen atoms in total. The number of hydrogen-bond acceptors (Lipinski definition) is 2. The van der Waals surface area contributed by atoms with Crippen molar-refractivity contribution in [3.63, 3.8) is 0 Å². The van der Waals surface area contributed by atoms with Crippen LogP contribution in [-0.2, 0) is 6.42 Å². The Labute approximate surface area is 116 Å². The van der Waals surface area contributed by atoms with E-state index in [9.17, 15) is 5.11 Å². The molecule has 0 radical (unpaired) electrons. The molecule has 1 atom stereocenters. The van der Waals surface area contributed by atoms with Gasteiger partial charge in [-0.15, -0.1) is 0 Å². The lowest BCUT2D eigenvalue weighted by atomic mass is 9.94. The van der Waals surface area contributed by atoms with Gasteiger partial charge in [0.1, 0.15) is 0 Å². The van der Waals surface area contributed by atoms with Crippen LogP contribution in [0.5, 0.6) is 0 Å². The standard InChI is InChI=1S/C17H25NO/c1-13-14-7-3-4-8-17(19)15(14)9-10-16(13)18-11-5-2-6-12-18/h9-10,17,19H,2-8,11-12H2,1H3. The molecule has 1 aromatic rings. The summed E-state index contributed by atoms with van der Waals surface area (Å²) in [6, 6.07) is 4.43. The number of anilines is 1. The Bertz CT molecular complexity index is 449. The Morgan fingerprint density at radius 2 is 1.84 bits per heavy atom. The number of piperidine rings is 1. The highest BCUT2D eigenvalue weighted by Crippen LogP contribution is 2.35. The summed E-state index contributed by atoms with van der Waals surface area (Å²) < 4.78 is 0. The molecule has 19 heavy (non-hydrogen) atoms. The second-order valence-electron chi connectivity index (χ2n) is 6.09. The summed E-state index contributed by atoms with van der Waals surface area (Å²) in [5.74, 6) is 0. The van der Waals surface area contributed by atoms with Crippen LogP contribution in [0.2, 0.25) is 0 Å². The maximum Gasteiger partial charge on any atom is 0.0792 e. The topological polar surface area (TPSA) is 23.5 Å². The highest BCUT2D eigenvalue weighted by Gasteiger charge is 2.21. The van der Waals surface area contributed by atoms with Crippen LogP contribution >= 0.6 is 0 Å². The SMILES string of the molecule is Cc1c(N2CCCCC2)ccc2c1CCCCC2O. The van der Waals surface area contributed by atoms with Crippen LogP contribution in [-0.4, -0.2) is 18.2 Å². The van der Waals surface area contributed by atoms with Gasteiger partial charge in [0.2, 0.25) is 0 Å². The third-order valence-corrected chi connectivity index (χ3v) is 4.82. The van der Waals surface area contributed by atoms with Gasteiger partial charge in [-0.2, -0.15) is 0 Å². The molecular weight excluding hydrogens is 234 g/mol. The van der Waals surface area contributed by atoms with Gasteiger partial charge >= 0.3 is 0 Å². The number of hydrogen-bond donors (Lipinski definition) is 1. The van der Waals surface area contributed by atoms with Crippen molar-refractivity contribution >= 4 is 5.69 Å². The first-order chi connectivity index (χ1) is 9.27. The largest absolute Gasteiger partial charge is 0.388 e. The minimum absolute atomic E-state index is 0.244. The molecule has 1 aliphatic heterocycles. The zero-order valence-electron chi connectivity index (χ0n) is 12.0. The molecule has 3 rings (SSSR count). The molecule has 1 fully saturated rings. The number of aliphatic hydroxyl groups excluding tert-OH is 1. The van der Waals surface area contributed by atoms with Crippen molar-refractivity contribution in [1.29, 1.82) is 0 Å². The molecule has 2 heteroatoms. The third kappa shape index (κ3) is 2.51. The normalized spacial score (nSPS) is 23.9. The van der Waals surface area contributed by atoms with E-state index in [1.54, 1.807) is 0 Å². The van der Waals surface area contributed by atoms with E-state index in [1.165, 1.54) is 61.2 Å². The molecule has 0 saturated carbocycles. The van der Waals surface area contributed by atoms with Crippen molar-refractivity contribution in [2.45, 2.75) is 58.0 Å². The van der Waals surface area contributed by atoms with E-state index in [0.717, 1.165) is 19.3 Å². The quantitative estimate of drug-likeness (QED) is 0.777. The van der Waals surface area contributed by atoms with Crippen molar-refractivity contribution in [3.8, 4) is 0 Å². The fourth-order valence-corrected chi connectivity index (χ4v) is 3.68. The molecule has 1 saturated heterocycles. The van der Waals surface area contributed by atoms with Crippen molar-refractivity contribution in [2.24, 2.45) is 0 Å². The molecule has 1 aromatic carbocycles. The average Bonchev–Trinajstić information content (AvgIpc) is 2.63. The minimum atomic E-state index is -0.244. The Kier molecular flexibility index (Phi) is 3.79. The lowest BCUT2D eigenvalue weighted by Gasteiger charge is -2.31. The van der Waals surface area contributed by atoms with Crippen LogP contribution in [0, 0.1) is 6.92 Å². The molecule has 0 bridgehead atoms. The predicted octanol–water partition coefficient (Wildman–Crippen LogP) is 3.75. The molecule has 2 aliphatic rings. The number of aliphatic hydroxyl groups is 1. The maximum absolute atomic E-state index is 10.3. The van der Waals surface area contributed by atoms with E-state index in [0.29, 0.717) is 0 Å². The third-order valence-electron chi connectivity index (χ3n) is 4.82. The highest BCUT2D eigenvalue weighted by atomic mass is 16.3. The van der Waals surface area contributed by atoms with Crippen LogP contribution in [0.4, 0.5) is 5.69 Å². The first-order valence-corrected chi connectivity index (χ1v) is 7.83. The van der Waals surface area contributed by atoms with Crippen LogP contribution < -0.4 is 4.90 Å². The van der Waals surface area contributed by atoms with Gasteiger partial charge in [-0.05, 0) is 68.2 Å². The number of fused-ring (bicyclic) bond motifs is 1. The molecule has 0 spiro atoms. The number of rotatable bonds is 1. The van der Waals surface area contributed by atoms with Crippen molar-refractivity contribution in [1.82, 2.24) is 0 Å². The van der Waals surface area contributed by atoms with E-state index >= 15 is 0 Å². The van der Waals surface area contributed by atoms with Gasteiger partial charge < -0.3 is 10.0 Å². The summed E-state index contributed by atoms with van der Waals surface area (Å²) in [7, 11) is 0. The van der Waals surface area contributed by atoms with Gasteiger partial charge in [-0.1, -0.05) is 12.5 Å². The monoisotopic (exact) mass is 259 g/mol. The summed E-state index contributed by atoms with van der Waals surface area (Å²) in [6.45, 7) is 4.64. The van der Waals surface area contributed by atoms with Crippen molar-refractivity contribution in [3.05, 3.63) is 28.8 Å². The fraction of sp³-hybridized carbons (Fsp3) is 0.647. The summed E-state index contributed by atoms with van der Waals surface area (Å²) in [5.41, 5.74) is 5.44. The molecule has 1 aliphatic carbocycles. The van der Waals surface area contributed by atoms with Gasteiger partial charge in [0.05, 0.1) is 6.10 Å². The summed E-state index contributed by atoms with van der Waals surface area (Å²) in [4.78, 5) is 2.54. The van der Waals surface area contributed by atoms with Crippen LogP contribution in [0.3, 0.4) is 0 Å². The zero-order chi connectivity index (χ0) is 13.2. The Balaban J connectivity index is 1.97. The lowest BCUT2D eigenvalue weighted by Crippen LogP contribution is -2.30. The van der Waals surface area contributed by atoms with E-state index < -0.39 is 0 Å². The smallest absolute Gasteiger partial charge is 0.0792 e. The average molecular weight is 259 g/mol. The molecule has 0 aromatic heterocycles. The second kappa shape index (κ2) is 5.54. The molecule has 1 heterocycles. The van der Waals surface area contributed by atoms with E-state index in [-0.39, 0.29) is 6.10 Å². The number of nitrogens with zero attached hydrogens (tertiary/aromatic N) is 1. The first-order valence-electron chi connectivity index (χ1n) is 7.83. The Morgan fingerprint density at radius 1 is 1.05 bits per heavy atom. The summed E-state index contributed by atoms with van der Waals surface area (Å²) >= 11 is 0. The maximum atomic E-state index is 10.3. The zero-order valence-corrected chi connectivity index (χ0v) is 12.0. The van der Waals surface area contributed by atoms with Crippen LogP contribution in [0.15, 0.2) is 12.1 Å². The van der Waals surface area contributed by atoms with Crippen molar-refractivity contribution in [2.75, 3.05) is 18.0 Å². The van der Waals surface area contributed by atoms with E-state index in [2.05, 4.69) is 24.0 Å². The highest BCUT2D eigenvalue weighted by molar-refractivity contribution is 5.59. The van der Waals surface area contributed by atoms with Crippen molar-refractivity contribution < 1.29 is 5.11 Å². The Hall–Kier alpha value is -1.02. The van der Waals surface area contributed by atoms with Gasteiger partial charge in [0, 0.05) is 18.8 Å². The lowest BCUT2D eigenvalue weighted by molar-refractivity contribution is 0.166. The summed E-state index contributed by atoms with van der Waals surface area (Å²) in [6.07, 6.45) is 8.20. The molecule has 1 N–H and O–H groups in total. The predicted molar refractivity (Wildman–Crippen MR) is 79.8 cm³/mol. The Morgan fingerprint density at radius 3 is 2.63 bits per heavy atom. The molecule has 0 amide bonds. The van der Waals surface area contributed by atoms with E-state index in [4.69, 9.17) is 0 Å². The summed E-state index contributed by atoms with van der Waals surface area (Å²) in [5, 5.41) is 10.3. The molecular formula is C17H25NO. The van der Waals surface area contributed by atoms with Gasteiger partial charge in [-0.3, -0.25) is 0 Å².